The number of fused-ring (bicyclic) bond motifs is 1. The monoisotopic (exact) mass is 315 g/mol. The normalized spacial score (nSPS) is 16.9. The van der Waals surface area contributed by atoms with Gasteiger partial charge in [-0.1, -0.05) is 50.3 Å². The lowest BCUT2D eigenvalue weighted by Gasteiger charge is -2.20. The molecule has 124 valence electrons. The number of hydrogen-bond acceptors (Lipinski definition) is 3. The maximum Gasteiger partial charge on any atom is 0.287 e. The van der Waals surface area contributed by atoms with Crippen LogP contribution >= 0.6 is 0 Å². The number of amides is 1. The van der Waals surface area contributed by atoms with Crippen molar-refractivity contribution in [3.05, 3.63) is 35.6 Å². The highest BCUT2D eigenvalue weighted by Gasteiger charge is 2.23. The lowest BCUT2D eigenvalue weighted by atomic mass is 9.96. The van der Waals surface area contributed by atoms with Gasteiger partial charge in [-0.05, 0) is 18.9 Å². The molecule has 1 fully saturated rings. The summed E-state index contributed by atoms with van der Waals surface area (Å²) in [4.78, 5) is 12.7. The van der Waals surface area contributed by atoms with Crippen LogP contribution in [0.1, 0.15) is 61.1 Å². The molecule has 0 unspecified atom stereocenters. The number of para-hydroxylation sites is 1. The van der Waals surface area contributed by atoms with Crippen molar-refractivity contribution in [2.75, 3.05) is 7.11 Å². The highest BCUT2D eigenvalue weighted by Crippen LogP contribution is 2.27. The average molecular weight is 315 g/mol. The Hall–Kier alpha value is -1.81. The topological polar surface area (TPSA) is 51.5 Å². The van der Waals surface area contributed by atoms with E-state index in [1.807, 2.05) is 24.3 Å². The van der Waals surface area contributed by atoms with E-state index in [1.54, 1.807) is 7.11 Å². The summed E-state index contributed by atoms with van der Waals surface area (Å²) in [6.07, 6.45) is 8.36. The third-order valence-corrected chi connectivity index (χ3v) is 4.63. The molecule has 0 spiro atoms. The number of furan rings is 1. The summed E-state index contributed by atoms with van der Waals surface area (Å²) in [7, 11) is 1.64. The van der Waals surface area contributed by atoms with E-state index in [1.165, 1.54) is 32.1 Å². The Morgan fingerprint density at radius 1 is 1.17 bits per heavy atom. The molecule has 0 saturated heterocycles. The van der Waals surface area contributed by atoms with Gasteiger partial charge in [-0.3, -0.25) is 4.79 Å². The number of carbonyl (C=O) groups excluding carboxylic acids is 1. The van der Waals surface area contributed by atoms with Gasteiger partial charge in [0.05, 0.1) is 6.61 Å². The molecule has 1 N–H and O–H groups in total. The van der Waals surface area contributed by atoms with Crippen LogP contribution in [-0.2, 0) is 11.3 Å². The first-order chi connectivity index (χ1) is 11.3. The van der Waals surface area contributed by atoms with Crippen molar-refractivity contribution in [2.24, 2.45) is 0 Å². The number of hydrogen-bond donors (Lipinski definition) is 1. The van der Waals surface area contributed by atoms with Crippen molar-refractivity contribution in [3.8, 4) is 0 Å². The molecule has 1 aromatic heterocycles. The van der Waals surface area contributed by atoms with Crippen molar-refractivity contribution in [3.63, 3.8) is 0 Å². The van der Waals surface area contributed by atoms with E-state index in [0.717, 1.165) is 29.4 Å². The van der Waals surface area contributed by atoms with Gasteiger partial charge >= 0.3 is 0 Å². The van der Waals surface area contributed by atoms with E-state index < -0.39 is 0 Å². The molecule has 0 bridgehead atoms. The van der Waals surface area contributed by atoms with Crippen LogP contribution in [0, 0.1) is 0 Å². The fraction of sp³-hybridized carbons (Fsp3) is 0.526. The van der Waals surface area contributed by atoms with Crippen molar-refractivity contribution in [2.45, 2.75) is 57.6 Å². The van der Waals surface area contributed by atoms with Crippen molar-refractivity contribution in [1.29, 1.82) is 0 Å². The van der Waals surface area contributed by atoms with Gasteiger partial charge in [0, 0.05) is 24.1 Å². The second-order valence-corrected chi connectivity index (χ2v) is 6.35. The molecule has 3 rings (SSSR count). The predicted octanol–water partition coefficient (Wildman–Crippen LogP) is 4.42. The Morgan fingerprint density at radius 3 is 2.61 bits per heavy atom. The highest BCUT2D eigenvalue weighted by molar-refractivity contribution is 5.99. The first kappa shape index (κ1) is 16.1. The smallest absolute Gasteiger partial charge is 0.287 e. The van der Waals surface area contributed by atoms with Gasteiger partial charge < -0.3 is 14.5 Å². The minimum Gasteiger partial charge on any atom is -0.451 e. The number of rotatable bonds is 4. The predicted molar refractivity (Wildman–Crippen MR) is 90.5 cm³/mol. The van der Waals surface area contributed by atoms with Gasteiger partial charge in [0.2, 0.25) is 0 Å². The van der Waals surface area contributed by atoms with Gasteiger partial charge in [-0.15, -0.1) is 0 Å². The van der Waals surface area contributed by atoms with Crippen LogP contribution in [0.15, 0.2) is 28.7 Å². The molecule has 1 saturated carbocycles. The summed E-state index contributed by atoms with van der Waals surface area (Å²) in [5, 5.41) is 4.13. The SMILES string of the molecule is COCc1c(C(=O)NC2CCCCCCC2)oc2ccccc12. The molecule has 2 aromatic rings. The molecule has 23 heavy (non-hydrogen) atoms. The zero-order valence-corrected chi connectivity index (χ0v) is 13.8. The Balaban J connectivity index is 1.80. The minimum absolute atomic E-state index is 0.112. The van der Waals surface area contributed by atoms with Crippen molar-refractivity contribution < 1.29 is 13.9 Å². The van der Waals surface area contributed by atoms with Gasteiger partial charge in [-0.2, -0.15) is 0 Å². The maximum absolute atomic E-state index is 12.7. The molecular formula is C19H25NO3. The Labute approximate surface area is 137 Å². The van der Waals surface area contributed by atoms with Crippen LogP contribution in [-0.4, -0.2) is 19.1 Å². The molecule has 4 nitrogen and oxygen atoms in total. The third kappa shape index (κ3) is 3.75. The fourth-order valence-corrected chi connectivity index (χ4v) is 3.42. The second kappa shape index (κ2) is 7.64. The molecule has 1 amide bonds. The van der Waals surface area contributed by atoms with Crippen LogP contribution in [0.25, 0.3) is 11.0 Å². The van der Waals surface area contributed by atoms with Crippen LogP contribution in [0.5, 0.6) is 0 Å². The van der Waals surface area contributed by atoms with Gasteiger partial charge in [0.25, 0.3) is 5.91 Å². The van der Waals surface area contributed by atoms with Crippen LogP contribution < -0.4 is 5.32 Å². The number of ether oxygens (including phenoxy) is 1. The zero-order chi connectivity index (χ0) is 16.1. The van der Waals surface area contributed by atoms with Crippen LogP contribution in [0.4, 0.5) is 0 Å². The number of methoxy groups -OCH3 is 1. The second-order valence-electron chi connectivity index (χ2n) is 6.35. The van der Waals surface area contributed by atoms with E-state index in [9.17, 15) is 4.79 Å². The van der Waals surface area contributed by atoms with Crippen molar-refractivity contribution in [1.82, 2.24) is 5.32 Å². The highest BCUT2D eigenvalue weighted by atomic mass is 16.5. The summed E-state index contributed by atoms with van der Waals surface area (Å²) in [6.45, 7) is 0.379. The fourth-order valence-electron chi connectivity index (χ4n) is 3.42. The Morgan fingerprint density at radius 2 is 1.87 bits per heavy atom. The molecule has 0 radical (unpaired) electrons. The molecule has 1 aromatic carbocycles. The van der Waals surface area contributed by atoms with E-state index in [4.69, 9.17) is 9.15 Å². The van der Waals surface area contributed by atoms with Crippen LogP contribution in [0.3, 0.4) is 0 Å². The molecule has 0 atom stereocenters. The zero-order valence-electron chi connectivity index (χ0n) is 13.8. The number of nitrogens with one attached hydrogen (secondary N) is 1. The lowest BCUT2D eigenvalue weighted by Crippen LogP contribution is -2.35. The average Bonchev–Trinajstić information content (AvgIpc) is 2.89. The van der Waals surface area contributed by atoms with Gasteiger partial charge in [0.15, 0.2) is 5.76 Å². The van der Waals surface area contributed by atoms with E-state index in [2.05, 4.69) is 5.32 Å². The maximum atomic E-state index is 12.7. The summed E-state index contributed by atoms with van der Waals surface area (Å²) >= 11 is 0. The summed E-state index contributed by atoms with van der Waals surface area (Å²) in [6, 6.07) is 7.99. The molecular weight excluding hydrogens is 290 g/mol. The van der Waals surface area contributed by atoms with Gasteiger partial charge in [-0.25, -0.2) is 0 Å². The third-order valence-electron chi connectivity index (χ3n) is 4.63. The summed E-state index contributed by atoms with van der Waals surface area (Å²) < 4.78 is 11.1. The molecule has 1 heterocycles. The Kier molecular flexibility index (Phi) is 5.34. The largest absolute Gasteiger partial charge is 0.451 e. The minimum atomic E-state index is -0.112. The quantitative estimate of drug-likeness (QED) is 0.908. The Bertz CT molecular complexity index is 654. The lowest BCUT2D eigenvalue weighted by molar-refractivity contribution is 0.0898. The summed E-state index contributed by atoms with van der Waals surface area (Å²) in [5.41, 5.74) is 1.58. The number of carbonyl (C=O) groups is 1. The first-order valence-electron chi connectivity index (χ1n) is 8.60. The molecule has 1 aliphatic rings. The standard InChI is InChI=1S/C19H25NO3/c1-22-13-16-15-11-7-8-12-17(15)23-18(16)19(21)20-14-9-5-3-2-4-6-10-14/h7-8,11-12,14H,2-6,9-10,13H2,1H3,(H,20,21). The number of benzene rings is 1. The molecule has 0 aliphatic heterocycles. The van der Waals surface area contributed by atoms with E-state index >= 15 is 0 Å². The molecule has 4 heteroatoms. The first-order valence-corrected chi connectivity index (χ1v) is 8.60. The molecule has 1 aliphatic carbocycles. The summed E-state index contributed by atoms with van der Waals surface area (Å²) in [5.74, 6) is 0.286. The van der Waals surface area contributed by atoms with Gasteiger partial charge in [0.1, 0.15) is 5.58 Å². The van der Waals surface area contributed by atoms with E-state index in [-0.39, 0.29) is 11.9 Å². The van der Waals surface area contributed by atoms with Crippen LogP contribution in [0.2, 0.25) is 0 Å². The van der Waals surface area contributed by atoms with E-state index in [0.29, 0.717) is 12.4 Å². The van der Waals surface area contributed by atoms with Crippen molar-refractivity contribution >= 4 is 16.9 Å².